The van der Waals surface area contributed by atoms with E-state index in [0.717, 1.165) is 12.1 Å². The summed E-state index contributed by atoms with van der Waals surface area (Å²) >= 11 is 0. The minimum Gasteiger partial charge on any atom is -0.399 e. The molecule has 2 N–H and O–H groups in total. The largest absolute Gasteiger partial charge is 0.399 e. The van der Waals surface area contributed by atoms with Crippen molar-refractivity contribution in [3.63, 3.8) is 0 Å². The lowest BCUT2D eigenvalue weighted by molar-refractivity contribution is 1.22. The second kappa shape index (κ2) is 3.97. The van der Waals surface area contributed by atoms with E-state index in [1.807, 2.05) is 24.3 Å². The smallest absolute Gasteiger partial charge is 0.0314 e. The lowest BCUT2D eigenvalue weighted by Crippen LogP contribution is -1.93. The maximum absolute atomic E-state index is 5.75. The van der Waals surface area contributed by atoms with Crippen LogP contribution in [-0.4, -0.2) is 0 Å². The van der Waals surface area contributed by atoms with E-state index >= 15 is 0 Å². The third-order valence-corrected chi connectivity index (χ3v) is 2.27. The highest BCUT2D eigenvalue weighted by Crippen LogP contribution is 2.21. The van der Waals surface area contributed by atoms with Crippen LogP contribution in [0.1, 0.15) is 6.42 Å². The summed E-state index contributed by atoms with van der Waals surface area (Å²) in [5.74, 6) is 0. The summed E-state index contributed by atoms with van der Waals surface area (Å²) in [6.45, 7) is 0. The molecule has 1 nitrogen and oxygen atoms in total. The van der Waals surface area contributed by atoms with Gasteiger partial charge in [-0.3, -0.25) is 0 Å². The first-order valence-electron chi connectivity index (χ1n) is 4.74. The molecule has 0 bridgehead atoms. The van der Waals surface area contributed by atoms with E-state index < -0.39 is 0 Å². The van der Waals surface area contributed by atoms with Gasteiger partial charge in [-0.25, -0.2) is 0 Å². The molecule has 14 heavy (non-hydrogen) atoms. The van der Waals surface area contributed by atoms with Gasteiger partial charge in [0.1, 0.15) is 0 Å². The van der Waals surface area contributed by atoms with Crippen molar-refractivity contribution >= 4 is 0 Å². The van der Waals surface area contributed by atoms with Gasteiger partial charge in [0, 0.05) is 5.70 Å². The van der Waals surface area contributed by atoms with Crippen LogP contribution in [0.15, 0.2) is 71.5 Å². The fourth-order valence-corrected chi connectivity index (χ4v) is 1.50. The fraction of sp³-hybridized carbons (Fsp3) is 0.0769. The van der Waals surface area contributed by atoms with Crippen molar-refractivity contribution in [2.75, 3.05) is 0 Å². The lowest BCUT2D eigenvalue weighted by Gasteiger charge is -2.08. The second-order valence-corrected chi connectivity index (χ2v) is 3.33. The molecule has 0 atom stereocenters. The zero-order chi connectivity index (χ0) is 9.80. The van der Waals surface area contributed by atoms with Crippen LogP contribution < -0.4 is 5.73 Å². The van der Waals surface area contributed by atoms with Gasteiger partial charge < -0.3 is 5.73 Å². The number of allylic oxidation sites excluding steroid dienone is 11. The van der Waals surface area contributed by atoms with Gasteiger partial charge >= 0.3 is 0 Å². The molecule has 0 aliphatic heterocycles. The van der Waals surface area contributed by atoms with E-state index in [1.165, 1.54) is 11.1 Å². The van der Waals surface area contributed by atoms with E-state index in [-0.39, 0.29) is 0 Å². The van der Waals surface area contributed by atoms with Crippen molar-refractivity contribution in [2.24, 2.45) is 5.73 Å². The van der Waals surface area contributed by atoms with Crippen LogP contribution in [0, 0.1) is 0 Å². The van der Waals surface area contributed by atoms with Gasteiger partial charge in [-0.2, -0.15) is 0 Å². The van der Waals surface area contributed by atoms with Crippen molar-refractivity contribution in [1.82, 2.24) is 0 Å². The Morgan fingerprint density at radius 1 is 0.929 bits per heavy atom. The Balaban J connectivity index is 2.40. The number of hydrogen-bond donors (Lipinski definition) is 1. The predicted octanol–water partition coefficient (Wildman–Crippen LogP) is 2.77. The highest BCUT2D eigenvalue weighted by atomic mass is 14.5. The Labute approximate surface area is 84.3 Å². The molecule has 1 heteroatoms. The summed E-state index contributed by atoms with van der Waals surface area (Å²) in [5.41, 5.74) is 9.12. The van der Waals surface area contributed by atoms with Crippen molar-refractivity contribution in [3.8, 4) is 0 Å². The van der Waals surface area contributed by atoms with Crippen LogP contribution in [0.3, 0.4) is 0 Å². The third-order valence-electron chi connectivity index (χ3n) is 2.27. The first-order valence-corrected chi connectivity index (χ1v) is 4.74. The van der Waals surface area contributed by atoms with E-state index in [9.17, 15) is 0 Å². The molecule has 0 unspecified atom stereocenters. The van der Waals surface area contributed by atoms with Crippen LogP contribution in [0.5, 0.6) is 0 Å². The molecular formula is C13H13N. The van der Waals surface area contributed by atoms with E-state index in [1.54, 1.807) is 0 Å². The van der Waals surface area contributed by atoms with Crippen molar-refractivity contribution in [3.05, 3.63) is 71.5 Å². The molecule has 70 valence electrons. The first kappa shape index (κ1) is 8.82. The topological polar surface area (TPSA) is 26.0 Å². The maximum atomic E-state index is 5.75. The molecule has 0 spiro atoms. The highest BCUT2D eigenvalue weighted by molar-refractivity contribution is 5.49. The Bertz CT molecular complexity index is 401. The molecule has 0 saturated carbocycles. The van der Waals surface area contributed by atoms with E-state index in [0.29, 0.717) is 0 Å². The summed E-state index contributed by atoms with van der Waals surface area (Å²) in [5, 5.41) is 0. The predicted molar refractivity (Wildman–Crippen MR) is 60.5 cm³/mol. The summed E-state index contributed by atoms with van der Waals surface area (Å²) < 4.78 is 0. The first-order chi connectivity index (χ1) is 6.86. The van der Waals surface area contributed by atoms with Crippen molar-refractivity contribution < 1.29 is 0 Å². The quantitative estimate of drug-likeness (QED) is 0.614. The fourth-order valence-electron chi connectivity index (χ4n) is 1.50. The Hall–Kier alpha value is -1.76. The number of rotatable bonds is 0. The van der Waals surface area contributed by atoms with E-state index in [4.69, 9.17) is 5.73 Å². The molecule has 0 aromatic rings. The zero-order valence-corrected chi connectivity index (χ0v) is 7.98. The number of hydrogen-bond acceptors (Lipinski definition) is 1. The Kier molecular flexibility index (Phi) is 2.50. The van der Waals surface area contributed by atoms with Gasteiger partial charge in [0.15, 0.2) is 0 Å². The molecule has 0 aromatic heterocycles. The van der Waals surface area contributed by atoms with Crippen LogP contribution >= 0.6 is 0 Å². The summed E-state index contributed by atoms with van der Waals surface area (Å²) in [6.07, 6.45) is 19.4. The number of fused-ring (bicyclic) bond motifs is 1. The van der Waals surface area contributed by atoms with Crippen LogP contribution in [-0.2, 0) is 0 Å². The second-order valence-electron chi connectivity index (χ2n) is 3.33. The maximum Gasteiger partial charge on any atom is 0.0314 e. The highest BCUT2D eigenvalue weighted by Gasteiger charge is 2.02. The molecule has 0 aromatic carbocycles. The lowest BCUT2D eigenvalue weighted by atomic mass is 9.97. The van der Waals surface area contributed by atoms with Gasteiger partial charge in [0.05, 0.1) is 0 Å². The SMILES string of the molecule is NC1=CC=CC=C2CC=CC=C2C=C1. The molecule has 0 fully saturated rings. The van der Waals surface area contributed by atoms with Gasteiger partial charge in [-0.1, -0.05) is 42.5 Å². The number of nitrogens with two attached hydrogens (primary N) is 1. The average Bonchev–Trinajstić information content (AvgIpc) is 2.30. The molecular weight excluding hydrogens is 170 g/mol. The van der Waals surface area contributed by atoms with Gasteiger partial charge in [0.25, 0.3) is 0 Å². The molecule has 2 aliphatic rings. The van der Waals surface area contributed by atoms with Gasteiger partial charge in [0.2, 0.25) is 0 Å². The summed E-state index contributed by atoms with van der Waals surface area (Å²) in [7, 11) is 0. The molecule has 2 rings (SSSR count). The van der Waals surface area contributed by atoms with Crippen molar-refractivity contribution in [2.45, 2.75) is 6.42 Å². The molecule has 0 amide bonds. The van der Waals surface area contributed by atoms with Crippen LogP contribution in [0.25, 0.3) is 0 Å². The Morgan fingerprint density at radius 3 is 2.71 bits per heavy atom. The van der Waals surface area contributed by atoms with Crippen molar-refractivity contribution in [1.29, 1.82) is 0 Å². The standard InChI is InChI=1S/C13H13N/c14-13-8-4-3-6-11-5-1-2-7-12(11)9-10-13/h1-4,6-10H,5,14H2. The normalized spacial score (nSPS) is 19.9. The summed E-state index contributed by atoms with van der Waals surface area (Å²) in [4.78, 5) is 0. The molecule has 0 saturated heterocycles. The minimum absolute atomic E-state index is 0.784. The molecule has 0 heterocycles. The average molecular weight is 183 g/mol. The Morgan fingerprint density at radius 2 is 1.79 bits per heavy atom. The monoisotopic (exact) mass is 183 g/mol. The minimum atomic E-state index is 0.784. The summed E-state index contributed by atoms with van der Waals surface area (Å²) in [6, 6.07) is 0. The van der Waals surface area contributed by atoms with E-state index in [2.05, 4.69) is 30.4 Å². The van der Waals surface area contributed by atoms with Crippen LogP contribution in [0.2, 0.25) is 0 Å². The van der Waals surface area contributed by atoms with Gasteiger partial charge in [-0.15, -0.1) is 0 Å². The third kappa shape index (κ3) is 1.94. The molecule has 2 aliphatic carbocycles. The van der Waals surface area contributed by atoms with Gasteiger partial charge in [-0.05, 0) is 29.7 Å². The van der Waals surface area contributed by atoms with Crippen LogP contribution in [0.4, 0.5) is 0 Å². The zero-order valence-electron chi connectivity index (χ0n) is 7.98. The molecule has 0 radical (unpaired) electrons.